The predicted molar refractivity (Wildman–Crippen MR) is 99.0 cm³/mol. The molecule has 1 atom stereocenters. The third kappa shape index (κ3) is 6.91. The van der Waals surface area contributed by atoms with Gasteiger partial charge in [0, 0.05) is 39.3 Å². The number of nitrogens with one attached hydrogen (secondary N) is 1. The highest BCUT2D eigenvalue weighted by molar-refractivity contribution is 5.92. The highest BCUT2D eigenvalue weighted by Gasteiger charge is 2.21. The van der Waals surface area contributed by atoms with E-state index in [-0.39, 0.29) is 24.1 Å². The normalized spacial score (nSPS) is 17.3. The molecular formula is C18H31N5O4. The summed E-state index contributed by atoms with van der Waals surface area (Å²) in [6, 6.07) is 0. The van der Waals surface area contributed by atoms with Crippen molar-refractivity contribution in [3.05, 3.63) is 11.9 Å². The lowest BCUT2D eigenvalue weighted by molar-refractivity contribution is -0.145. The van der Waals surface area contributed by atoms with Gasteiger partial charge in [-0.1, -0.05) is 12.1 Å². The average molecular weight is 381 g/mol. The first-order chi connectivity index (χ1) is 13.0. The molecule has 1 aliphatic rings. The fourth-order valence-corrected chi connectivity index (χ4v) is 3.12. The second-order valence-electron chi connectivity index (χ2n) is 6.76. The first kappa shape index (κ1) is 21.3. The molecule has 1 aromatic rings. The summed E-state index contributed by atoms with van der Waals surface area (Å²) < 4.78 is 12.4. The fourth-order valence-electron chi connectivity index (χ4n) is 3.12. The van der Waals surface area contributed by atoms with Crippen molar-refractivity contribution in [3.63, 3.8) is 0 Å². The van der Waals surface area contributed by atoms with Crippen molar-refractivity contribution < 1.29 is 19.1 Å². The summed E-state index contributed by atoms with van der Waals surface area (Å²) in [7, 11) is 0. The molecule has 27 heavy (non-hydrogen) atoms. The zero-order valence-corrected chi connectivity index (χ0v) is 16.5. The van der Waals surface area contributed by atoms with E-state index in [1.807, 2.05) is 18.7 Å². The fraction of sp³-hybridized carbons (Fsp3) is 0.778. The number of amides is 2. The van der Waals surface area contributed by atoms with Crippen LogP contribution < -0.4 is 5.32 Å². The summed E-state index contributed by atoms with van der Waals surface area (Å²) in [6.07, 6.45) is 3.64. The van der Waals surface area contributed by atoms with E-state index in [0.717, 1.165) is 19.5 Å². The van der Waals surface area contributed by atoms with E-state index < -0.39 is 6.29 Å². The number of rotatable bonds is 10. The van der Waals surface area contributed by atoms with Crippen LogP contribution in [0, 0.1) is 5.92 Å². The molecule has 0 aliphatic carbocycles. The maximum Gasteiger partial charge on any atom is 0.273 e. The first-order valence-electron chi connectivity index (χ1n) is 9.72. The van der Waals surface area contributed by atoms with Crippen LogP contribution in [0.15, 0.2) is 6.20 Å². The molecule has 1 N–H and O–H groups in total. The standard InChI is InChI=1S/C18H31N5O4/c1-4-26-17(27-5-2)13-23-12-15(20-21-23)18(25)19-9-8-16(24)22-10-6-7-14(3)11-22/h12,14,17H,4-11,13H2,1-3H3,(H,19,25). The second kappa shape index (κ2) is 11.0. The zero-order chi connectivity index (χ0) is 19.6. The highest BCUT2D eigenvalue weighted by Crippen LogP contribution is 2.15. The molecule has 0 spiro atoms. The topological polar surface area (TPSA) is 98.6 Å². The molecule has 9 nitrogen and oxygen atoms in total. The SMILES string of the molecule is CCOC(Cn1cc(C(=O)NCCC(=O)N2CCCC(C)C2)nn1)OCC. The van der Waals surface area contributed by atoms with Crippen molar-refractivity contribution in [2.75, 3.05) is 32.8 Å². The number of carbonyl (C=O) groups is 2. The third-order valence-electron chi connectivity index (χ3n) is 4.45. The number of hydrogen-bond acceptors (Lipinski definition) is 6. The first-order valence-corrected chi connectivity index (χ1v) is 9.72. The number of carbonyl (C=O) groups excluding carboxylic acids is 2. The van der Waals surface area contributed by atoms with Crippen LogP contribution in [0.25, 0.3) is 0 Å². The lowest BCUT2D eigenvalue weighted by Crippen LogP contribution is -2.40. The zero-order valence-electron chi connectivity index (χ0n) is 16.5. The molecule has 0 aromatic carbocycles. The molecule has 2 amide bonds. The van der Waals surface area contributed by atoms with Crippen molar-refractivity contribution in [2.24, 2.45) is 5.92 Å². The summed E-state index contributed by atoms with van der Waals surface area (Å²) in [6.45, 7) is 9.24. The number of aromatic nitrogens is 3. The third-order valence-corrected chi connectivity index (χ3v) is 4.45. The van der Waals surface area contributed by atoms with E-state index in [0.29, 0.717) is 32.1 Å². The van der Waals surface area contributed by atoms with Gasteiger partial charge in [0.15, 0.2) is 12.0 Å². The van der Waals surface area contributed by atoms with Crippen LogP contribution in [0.1, 0.15) is 50.5 Å². The van der Waals surface area contributed by atoms with Gasteiger partial charge in [-0.2, -0.15) is 0 Å². The van der Waals surface area contributed by atoms with Crippen molar-refractivity contribution in [1.82, 2.24) is 25.2 Å². The monoisotopic (exact) mass is 381 g/mol. The molecule has 1 saturated heterocycles. The van der Waals surface area contributed by atoms with E-state index in [2.05, 4.69) is 22.6 Å². The van der Waals surface area contributed by atoms with E-state index in [4.69, 9.17) is 9.47 Å². The minimum Gasteiger partial charge on any atom is -0.351 e. The Bertz CT molecular complexity index is 600. The Balaban J connectivity index is 1.76. The molecule has 1 unspecified atom stereocenters. The Kier molecular flexibility index (Phi) is 8.66. The molecule has 0 saturated carbocycles. The van der Waals surface area contributed by atoms with E-state index in [1.54, 1.807) is 6.20 Å². The molecule has 1 fully saturated rings. The molecule has 0 bridgehead atoms. The summed E-state index contributed by atoms with van der Waals surface area (Å²) >= 11 is 0. The van der Waals surface area contributed by atoms with Gasteiger partial charge >= 0.3 is 0 Å². The van der Waals surface area contributed by atoms with Gasteiger partial charge in [0.05, 0.1) is 12.7 Å². The minimum absolute atomic E-state index is 0.0850. The summed E-state index contributed by atoms with van der Waals surface area (Å²) in [4.78, 5) is 26.3. The van der Waals surface area contributed by atoms with Crippen LogP contribution in [0.5, 0.6) is 0 Å². The van der Waals surface area contributed by atoms with E-state index in [9.17, 15) is 9.59 Å². The quantitative estimate of drug-likeness (QED) is 0.609. The van der Waals surface area contributed by atoms with E-state index >= 15 is 0 Å². The molecular weight excluding hydrogens is 350 g/mol. The van der Waals surface area contributed by atoms with Gasteiger partial charge in [-0.3, -0.25) is 9.59 Å². The van der Waals surface area contributed by atoms with Crippen molar-refractivity contribution in [2.45, 2.75) is 52.9 Å². The van der Waals surface area contributed by atoms with Crippen LogP contribution in [0.4, 0.5) is 0 Å². The van der Waals surface area contributed by atoms with Crippen LogP contribution >= 0.6 is 0 Å². The Morgan fingerprint density at radius 2 is 2.07 bits per heavy atom. The maximum absolute atomic E-state index is 12.2. The molecule has 152 valence electrons. The number of likely N-dealkylation sites (tertiary alicyclic amines) is 1. The van der Waals surface area contributed by atoms with Crippen LogP contribution in [-0.4, -0.2) is 70.8 Å². The molecule has 1 aliphatic heterocycles. The number of nitrogens with zero attached hydrogens (tertiary/aromatic N) is 4. The Morgan fingerprint density at radius 1 is 1.33 bits per heavy atom. The number of piperidine rings is 1. The molecule has 0 radical (unpaired) electrons. The summed E-state index contributed by atoms with van der Waals surface area (Å²) in [5, 5.41) is 10.6. The Labute approximate surface area is 160 Å². The van der Waals surface area contributed by atoms with Crippen LogP contribution in [0.2, 0.25) is 0 Å². The Morgan fingerprint density at radius 3 is 2.74 bits per heavy atom. The van der Waals surface area contributed by atoms with Gasteiger partial charge < -0.3 is 19.7 Å². The lowest BCUT2D eigenvalue weighted by atomic mass is 10.00. The molecule has 2 rings (SSSR count). The van der Waals surface area contributed by atoms with Gasteiger partial charge in [-0.15, -0.1) is 5.10 Å². The largest absolute Gasteiger partial charge is 0.351 e. The van der Waals surface area contributed by atoms with Crippen LogP contribution in [-0.2, 0) is 20.8 Å². The highest BCUT2D eigenvalue weighted by atomic mass is 16.7. The van der Waals surface area contributed by atoms with Crippen molar-refractivity contribution in [1.29, 1.82) is 0 Å². The molecule has 1 aromatic heterocycles. The molecule has 9 heteroatoms. The average Bonchev–Trinajstić information content (AvgIpc) is 3.10. The maximum atomic E-state index is 12.2. The van der Waals surface area contributed by atoms with E-state index in [1.165, 1.54) is 11.1 Å². The molecule has 2 heterocycles. The van der Waals surface area contributed by atoms with Gasteiger partial charge in [0.1, 0.15) is 0 Å². The van der Waals surface area contributed by atoms with Gasteiger partial charge in [-0.25, -0.2) is 4.68 Å². The summed E-state index contributed by atoms with van der Waals surface area (Å²) in [5.74, 6) is 0.289. The smallest absolute Gasteiger partial charge is 0.273 e. The van der Waals surface area contributed by atoms with Gasteiger partial charge in [0.2, 0.25) is 5.91 Å². The second-order valence-corrected chi connectivity index (χ2v) is 6.76. The van der Waals surface area contributed by atoms with Crippen molar-refractivity contribution >= 4 is 11.8 Å². The van der Waals surface area contributed by atoms with Crippen molar-refractivity contribution in [3.8, 4) is 0 Å². The van der Waals surface area contributed by atoms with Gasteiger partial charge in [-0.05, 0) is 32.6 Å². The summed E-state index contributed by atoms with van der Waals surface area (Å²) in [5.41, 5.74) is 0.209. The number of ether oxygens (including phenoxy) is 2. The van der Waals surface area contributed by atoms with Gasteiger partial charge in [0.25, 0.3) is 5.91 Å². The predicted octanol–water partition coefficient (Wildman–Crippen LogP) is 1.06. The minimum atomic E-state index is -0.429. The lowest BCUT2D eigenvalue weighted by Gasteiger charge is -2.31. The Hall–Kier alpha value is -2.00. The van der Waals surface area contributed by atoms with Crippen LogP contribution in [0.3, 0.4) is 0 Å². The number of hydrogen-bond donors (Lipinski definition) is 1.